The zero-order chi connectivity index (χ0) is 19.0. The third-order valence-electron chi connectivity index (χ3n) is 5.17. The van der Waals surface area contributed by atoms with Crippen molar-refractivity contribution in [3.05, 3.63) is 66.2 Å². The SMILES string of the molecule is CCOC(C#C[Se]c1ccccc1)C1(C(=O)c2ccccc2)CCCCC1. The topological polar surface area (TPSA) is 26.3 Å². The molecule has 0 amide bonds. The van der Waals surface area contributed by atoms with E-state index in [1.165, 1.54) is 10.9 Å². The van der Waals surface area contributed by atoms with Gasteiger partial charge in [-0.05, 0) is 0 Å². The molecule has 1 atom stereocenters. The summed E-state index contributed by atoms with van der Waals surface area (Å²) in [6.07, 6.45) is 4.70. The number of benzene rings is 2. The van der Waals surface area contributed by atoms with Crippen molar-refractivity contribution in [2.45, 2.75) is 45.1 Å². The van der Waals surface area contributed by atoms with Crippen LogP contribution in [0, 0.1) is 16.2 Å². The average Bonchev–Trinajstić information content (AvgIpc) is 2.74. The van der Waals surface area contributed by atoms with E-state index in [9.17, 15) is 4.79 Å². The number of carbonyl (C=O) groups excluding carboxylic acids is 1. The number of hydrogen-bond acceptors (Lipinski definition) is 2. The zero-order valence-electron chi connectivity index (χ0n) is 15.8. The Kier molecular flexibility index (Phi) is 7.30. The van der Waals surface area contributed by atoms with Gasteiger partial charge in [0.2, 0.25) is 0 Å². The van der Waals surface area contributed by atoms with E-state index in [0.717, 1.165) is 31.2 Å². The normalized spacial score (nSPS) is 16.8. The number of ketones is 1. The first-order chi connectivity index (χ1) is 13.3. The molecule has 0 aromatic heterocycles. The summed E-state index contributed by atoms with van der Waals surface area (Å²) in [5.41, 5.74) is 0.259. The fraction of sp³-hybridized carbons (Fsp3) is 0.375. The molecule has 3 rings (SSSR count). The van der Waals surface area contributed by atoms with Crippen LogP contribution in [0.15, 0.2) is 60.7 Å². The van der Waals surface area contributed by atoms with Crippen LogP contribution in [0.4, 0.5) is 0 Å². The number of hydrogen-bond donors (Lipinski definition) is 0. The van der Waals surface area contributed by atoms with Gasteiger partial charge in [-0.3, -0.25) is 0 Å². The quantitative estimate of drug-likeness (QED) is 0.394. The molecule has 2 nitrogen and oxygen atoms in total. The number of rotatable bonds is 6. The summed E-state index contributed by atoms with van der Waals surface area (Å²) in [7, 11) is 0. The van der Waals surface area contributed by atoms with Gasteiger partial charge in [-0.25, -0.2) is 0 Å². The summed E-state index contributed by atoms with van der Waals surface area (Å²) >= 11 is 0.0717. The van der Waals surface area contributed by atoms with Gasteiger partial charge in [-0.15, -0.1) is 0 Å². The van der Waals surface area contributed by atoms with Gasteiger partial charge in [-0.1, -0.05) is 0 Å². The van der Waals surface area contributed by atoms with Gasteiger partial charge in [0.25, 0.3) is 0 Å². The van der Waals surface area contributed by atoms with E-state index in [2.05, 4.69) is 22.9 Å². The second kappa shape index (κ2) is 9.90. The van der Waals surface area contributed by atoms with E-state index in [1.54, 1.807) is 0 Å². The van der Waals surface area contributed by atoms with Gasteiger partial charge >= 0.3 is 169 Å². The molecule has 0 bridgehead atoms. The molecule has 3 heteroatoms. The van der Waals surface area contributed by atoms with Crippen LogP contribution in [0.25, 0.3) is 0 Å². The summed E-state index contributed by atoms with van der Waals surface area (Å²) in [5.74, 6) is 3.56. The Morgan fingerprint density at radius 2 is 1.67 bits per heavy atom. The van der Waals surface area contributed by atoms with Gasteiger partial charge in [0.1, 0.15) is 0 Å². The van der Waals surface area contributed by atoms with Crippen LogP contribution < -0.4 is 4.46 Å². The molecule has 1 aliphatic carbocycles. The molecule has 2 aromatic carbocycles. The molecule has 1 aliphatic rings. The Morgan fingerprint density at radius 3 is 2.30 bits per heavy atom. The first-order valence-electron chi connectivity index (χ1n) is 9.70. The second-order valence-electron chi connectivity index (χ2n) is 6.91. The summed E-state index contributed by atoms with van der Waals surface area (Å²) in [4.78, 5) is 16.9. The van der Waals surface area contributed by atoms with E-state index in [1.807, 2.05) is 55.5 Å². The van der Waals surface area contributed by atoms with E-state index in [0.29, 0.717) is 6.61 Å². The molecule has 0 aliphatic heterocycles. The van der Waals surface area contributed by atoms with Crippen molar-refractivity contribution in [3.63, 3.8) is 0 Å². The fourth-order valence-electron chi connectivity index (χ4n) is 3.80. The Balaban J connectivity index is 1.89. The van der Waals surface area contributed by atoms with Crippen molar-refractivity contribution in [1.29, 1.82) is 0 Å². The first-order valence-corrected chi connectivity index (χ1v) is 11.4. The Bertz CT molecular complexity index is 783. The molecular weight excluding hydrogens is 399 g/mol. The van der Waals surface area contributed by atoms with Crippen molar-refractivity contribution in [2.75, 3.05) is 6.61 Å². The van der Waals surface area contributed by atoms with Crippen LogP contribution in [-0.4, -0.2) is 33.5 Å². The van der Waals surface area contributed by atoms with Gasteiger partial charge in [0, 0.05) is 0 Å². The van der Waals surface area contributed by atoms with Gasteiger partial charge in [0.15, 0.2) is 0 Å². The molecule has 140 valence electrons. The van der Waals surface area contributed by atoms with Crippen LogP contribution >= 0.6 is 0 Å². The van der Waals surface area contributed by atoms with Crippen LogP contribution in [0.3, 0.4) is 0 Å². The van der Waals surface area contributed by atoms with E-state index in [4.69, 9.17) is 4.74 Å². The van der Waals surface area contributed by atoms with Crippen molar-refractivity contribution in [3.8, 4) is 10.7 Å². The number of ether oxygens (including phenoxy) is 1. The van der Waals surface area contributed by atoms with E-state index in [-0.39, 0.29) is 26.8 Å². The predicted octanol–water partition coefficient (Wildman–Crippen LogP) is 4.22. The molecule has 0 spiro atoms. The fourth-order valence-corrected chi connectivity index (χ4v) is 5.02. The van der Waals surface area contributed by atoms with Crippen molar-refractivity contribution < 1.29 is 9.53 Å². The molecule has 27 heavy (non-hydrogen) atoms. The average molecular weight is 425 g/mol. The summed E-state index contributed by atoms with van der Waals surface area (Å²) in [6.45, 7) is 2.56. The molecule has 1 saturated carbocycles. The standard InChI is InChI=1S/C24H26O2Se/c1-2-26-22(16-19-27-21-14-8-4-9-15-21)24(17-10-5-11-18-24)23(25)20-12-6-3-7-13-20/h3-4,6-9,12-15,22H,2,5,10-11,17-18H2,1H3. The van der Waals surface area contributed by atoms with Gasteiger partial charge < -0.3 is 0 Å². The van der Waals surface area contributed by atoms with Crippen LogP contribution in [0.5, 0.6) is 0 Å². The Morgan fingerprint density at radius 1 is 1.04 bits per heavy atom. The van der Waals surface area contributed by atoms with Crippen LogP contribution in [0.1, 0.15) is 49.4 Å². The minimum absolute atomic E-state index is 0.0717. The maximum atomic E-state index is 13.5. The third kappa shape index (κ3) is 4.90. The molecule has 0 N–H and O–H groups in total. The summed E-state index contributed by atoms with van der Waals surface area (Å²) < 4.78 is 7.33. The first kappa shape index (κ1) is 19.9. The van der Waals surface area contributed by atoms with Crippen LogP contribution in [0.2, 0.25) is 0 Å². The van der Waals surface area contributed by atoms with Crippen molar-refractivity contribution in [1.82, 2.24) is 0 Å². The predicted molar refractivity (Wildman–Crippen MR) is 111 cm³/mol. The van der Waals surface area contributed by atoms with Crippen molar-refractivity contribution >= 4 is 25.2 Å². The molecule has 2 aromatic rings. The van der Waals surface area contributed by atoms with Gasteiger partial charge in [0.05, 0.1) is 0 Å². The second-order valence-corrected chi connectivity index (χ2v) is 8.75. The molecule has 1 unspecified atom stereocenters. The van der Waals surface area contributed by atoms with Crippen molar-refractivity contribution in [2.24, 2.45) is 5.41 Å². The monoisotopic (exact) mass is 426 g/mol. The Labute approximate surface area is 168 Å². The summed E-state index contributed by atoms with van der Waals surface area (Å²) in [5, 5.41) is 0. The minimum atomic E-state index is -0.518. The molecular formula is C24H26O2Se. The number of Topliss-reactive ketones (excluding diaryl/α,β-unsaturated/α-hetero) is 1. The molecule has 0 saturated heterocycles. The summed E-state index contributed by atoms with van der Waals surface area (Å²) in [6, 6.07) is 20.0. The van der Waals surface area contributed by atoms with Gasteiger partial charge in [-0.2, -0.15) is 0 Å². The third-order valence-corrected chi connectivity index (χ3v) is 6.70. The Hall–Kier alpha value is -1.85. The molecule has 0 heterocycles. The van der Waals surface area contributed by atoms with E-state index < -0.39 is 5.41 Å². The molecule has 0 radical (unpaired) electrons. The molecule has 1 fully saturated rings. The zero-order valence-corrected chi connectivity index (χ0v) is 17.5. The maximum absolute atomic E-state index is 13.5. The van der Waals surface area contributed by atoms with Crippen LogP contribution in [-0.2, 0) is 4.74 Å². The number of carbonyl (C=O) groups is 1. The van der Waals surface area contributed by atoms with E-state index >= 15 is 0 Å².